The fraction of sp³-hybridized carbons (Fsp3) is 0. The van der Waals surface area contributed by atoms with Crippen molar-refractivity contribution in [1.82, 2.24) is 0 Å². The van der Waals surface area contributed by atoms with Gasteiger partial charge >= 0.3 is 0 Å². The summed E-state index contributed by atoms with van der Waals surface area (Å²) in [5, 5.41) is 0. The first kappa shape index (κ1) is 49.9. The summed E-state index contributed by atoms with van der Waals surface area (Å²) in [6, 6.07) is 0. The molecule has 196 valence electrons. The van der Waals surface area contributed by atoms with Gasteiger partial charge in [-0.15, -0.1) is 61.5 Å². The number of rotatable bonds is 0. The zero-order valence-corrected chi connectivity index (χ0v) is 21.3. The molecule has 0 amide bonds. The van der Waals surface area contributed by atoms with Gasteiger partial charge in [-0.3, -0.25) is 0 Å². The molecule has 0 atom stereocenters. The molecule has 0 aliphatic heterocycles. The van der Waals surface area contributed by atoms with Gasteiger partial charge < -0.3 is 0 Å². The van der Waals surface area contributed by atoms with Gasteiger partial charge in [-0.05, 0) is 0 Å². The first-order valence-corrected chi connectivity index (χ1v) is 11.1. The monoisotopic (exact) mass is 832 g/mol. The summed E-state index contributed by atoms with van der Waals surface area (Å²) in [6.45, 7) is 0. The smallest absolute Gasteiger partial charge is 0 e. The third kappa shape index (κ3) is 8440. The van der Waals surface area contributed by atoms with Gasteiger partial charge in [0.25, 0.3) is 0 Å². The summed E-state index contributed by atoms with van der Waals surface area (Å²) in [6.07, 6.45) is 0. The molecule has 0 aromatic carbocycles. The molecular formula is Cl6O24U-6. The van der Waals surface area contributed by atoms with Crippen LogP contribution in [0.4, 0.5) is 0 Å². The van der Waals surface area contributed by atoms with Crippen LogP contribution in [0, 0.1) is 92.6 Å². The second-order valence-electron chi connectivity index (χ2n) is 2.27. The third-order valence-corrected chi connectivity index (χ3v) is 0. The molecule has 0 aliphatic carbocycles. The van der Waals surface area contributed by atoms with Gasteiger partial charge in [-0.2, -0.15) is 0 Å². The predicted octanol–water partition coefficient (Wildman–Crippen LogP) is -28.5. The molecule has 0 aliphatic rings. The molecule has 24 nitrogen and oxygen atoms in total. The maximum absolute atomic E-state index is 8.49. The average molecular weight is 835 g/mol. The molecule has 31 heteroatoms. The maximum Gasteiger partial charge on any atom is 0 e. The summed E-state index contributed by atoms with van der Waals surface area (Å²) in [4.78, 5) is 0. The standard InChI is InChI=1S/6ClHO4.U/c6*2-1(3,4)5;/h6*(H,2,3,4,5);/p-6. The summed E-state index contributed by atoms with van der Waals surface area (Å²) >= 11 is 0. The summed E-state index contributed by atoms with van der Waals surface area (Å²) in [5.41, 5.74) is 0. The Kier molecular flexibility index (Phi) is 34.0. The van der Waals surface area contributed by atoms with E-state index in [9.17, 15) is 0 Å². The molecule has 0 aromatic rings. The SMILES string of the molecule is [O-][Cl+3]([O-])([O-])[O-].[O-][Cl+3]([O-])([O-])[O-].[O-][Cl+3]([O-])([O-])[O-].[O-][Cl+3]([O-])([O-])[O-].[O-][Cl+3]([O-])([O-])[O-].[O-][Cl+3]([O-])([O-])[O-].[U]. The molecule has 0 saturated carbocycles. The molecule has 0 heterocycles. The van der Waals surface area contributed by atoms with Crippen LogP contribution in [0.5, 0.6) is 0 Å². The van der Waals surface area contributed by atoms with E-state index in [-0.39, 0.29) is 31.1 Å². The zero-order chi connectivity index (χ0) is 27.0. The van der Waals surface area contributed by atoms with E-state index in [1.165, 1.54) is 0 Å². The average Bonchev–Trinajstić information content (AvgIpc) is 1.94. The molecule has 0 saturated heterocycles. The van der Waals surface area contributed by atoms with E-state index in [1.807, 2.05) is 0 Å². The minimum Gasteiger partial charge on any atom is -0.222 e. The fourth-order valence-corrected chi connectivity index (χ4v) is 0. The van der Waals surface area contributed by atoms with E-state index in [4.69, 9.17) is 112 Å². The minimum absolute atomic E-state index is 0. The van der Waals surface area contributed by atoms with Crippen LogP contribution in [0.15, 0.2) is 0 Å². The second kappa shape index (κ2) is 21.1. The molecule has 0 unspecified atom stereocenters. The van der Waals surface area contributed by atoms with Gasteiger partial charge in [0.2, 0.25) is 0 Å². The van der Waals surface area contributed by atoms with Crippen LogP contribution in [-0.2, 0) is 0 Å². The topological polar surface area (TPSA) is 553 Å². The van der Waals surface area contributed by atoms with Crippen LogP contribution in [0.25, 0.3) is 0 Å². The van der Waals surface area contributed by atoms with E-state index in [2.05, 4.69) is 0 Å². The first-order valence-electron chi connectivity index (χ1n) is 3.70. The predicted molar refractivity (Wildman–Crippen MR) is 0 cm³/mol. The summed E-state index contributed by atoms with van der Waals surface area (Å²) in [7, 11) is -29.7. The van der Waals surface area contributed by atoms with Crippen molar-refractivity contribution in [3.05, 3.63) is 0 Å². The van der Waals surface area contributed by atoms with E-state index >= 15 is 0 Å². The Hall–Kier alpha value is 1.83. The molecule has 0 spiro atoms. The van der Waals surface area contributed by atoms with Crippen molar-refractivity contribution >= 4 is 0 Å². The van der Waals surface area contributed by atoms with Crippen molar-refractivity contribution in [3.63, 3.8) is 0 Å². The molecule has 0 radical (unpaired) electrons. The molecule has 0 bridgehead atoms. The van der Waals surface area contributed by atoms with Crippen LogP contribution in [0.1, 0.15) is 0 Å². The Morgan fingerprint density at radius 3 is 0.161 bits per heavy atom. The molecule has 0 fully saturated rings. The van der Waals surface area contributed by atoms with Crippen molar-refractivity contribution in [1.29, 1.82) is 0 Å². The largest absolute Gasteiger partial charge is 0.222 e. The van der Waals surface area contributed by atoms with Gasteiger partial charge in [0, 0.05) is 31.1 Å². The van der Waals surface area contributed by atoms with Crippen molar-refractivity contribution in [2.75, 3.05) is 0 Å². The first-order chi connectivity index (χ1) is 12.0. The van der Waals surface area contributed by atoms with E-state index in [1.54, 1.807) is 0 Å². The maximum atomic E-state index is 8.49. The minimum atomic E-state index is -4.94. The summed E-state index contributed by atoms with van der Waals surface area (Å²) < 4.78 is 204. The van der Waals surface area contributed by atoms with Gasteiger partial charge in [-0.1, -0.05) is 0 Å². The third-order valence-electron chi connectivity index (χ3n) is 0. The van der Waals surface area contributed by atoms with Crippen LogP contribution in [0.2, 0.25) is 0 Å². The van der Waals surface area contributed by atoms with Crippen molar-refractivity contribution in [2.45, 2.75) is 0 Å². The molecule has 0 N–H and O–H groups in total. The van der Waals surface area contributed by atoms with Crippen LogP contribution < -0.4 is 112 Å². The van der Waals surface area contributed by atoms with Crippen molar-refractivity contribution in [3.8, 4) is 0 Å². The molecular weight excluding hydrogens is 835 g/mol. The van der Waals surface area contributed by atoms with Crippen LogP contribution in [0.3, 0.4) is 0 Å². The number of halogens is 6. The van der Waals surface area contributed by atoms with Crippen LogP contribution in [-0.4, -0.2) is 0 Å². The molecule has 0 rings (SSSR count). The Bertz CT molecular complexity index is 214. The number of hydrogen-bond acceptors (Lipinski definition) is 24. The van der Waals surface area contributed by atoms with Gasteiger partial charge in [0.15, 0.2) is 0 Å². The Labute approximate surface area is 203 Å². The van der Waals surface area contributed by atoms with Gasteiger partial charge in [0.1, 0.15) is 0 Å². The second-order valence-corrected chi connectivity index (χ2v) is 6.80. The Morgan fingerprint density at radius 1 is 0.161 bits per heavy atom. The van der Waals surface area contributed by atoms with E-state index < -0.39 is 61.5 Å². The van der Waals surface area contributed by atoms with E-state index in [0.717, 1.165) is 0 Å². The number of hydrogen-bond donors (Lipinski definition) is 0. The quantitative estimate of drug-likeness (QED) is 0.219. The fourth-order valence-electron chi connectivity index (χ4n) is 0. The Morgan fingerprint density at radius 2 is 0.161 bits per heavy atom. The van der Waals surface area contributed by atoms with Gasteiger partial charge in [-0.25, -0.2) is 112 Å². The normalized spacial score (nSPS) is 11.6. The van der Waals surface area contributed by atoms with E-state index in [0.29, 0.717) is 0 Å². The Balaban J connectivity index is -0.0000000443. The zero-order valence-electron chi connectivity index (χ0n) is 12.6. The van der Waals surface area contributed by atoms with Crippen molar-refractivity contribution in [2.24, 2.45) is 0 Å². The molecule has 0 aromatic heterocycles. The molecule has 31 heavy (non-hydrogen) atoms. The van der Waals surface area contributed by atoms with Crippen LogP contribution >= 0.6 is 0 Å². The van der Waals surface area contributed by atoms with Crippen molar-refractivity contribution < 1.29 is 204 Å². The summed E-state index contributed by atoms with van der Waals surface area (Å²) in [5.74, 6) is 0. The van der Waals surface area contributed by atoms with Gasteiger partial charge in [0.05, 0.1) is 0 Å².